The number of hydrogen-bond donors (Lipinski definition) is 2. The highest BCUT2D eigenvalue weighted by molar-refractivity contribution is 5.91. The van der Waals surface area contributed by atoms with E-state index in [0.717, 1.165) is 25.7 Å². The van der Waals surface area contributed by atoms with E-state index in [0.29, 0.717) is 47.8 Å². The third-order valence-corrected chi connectivity index (χ3v) is 6.15. The number of benzene rings is 2. The number of nitrogens with zero attached hydrogens (tertiary/aromatic N) is 3. The van der Waals surface area contributed by atoms with Gasteiger partial charge in [0.1, 0.15) is 23.5 Å². The van der Waals surface area contributed by atoms with E-state index in [1.165, 1.54) is 12.1 Å². The molecule has 1 amide bonds. The molecule has 7 nitrogen and oxygen atoms in total. The van der Waals surface area contributed by atoms with E-state index in [9.17, 15) is 14.3 Å². The largest absolute Gasteiger partial charge is 0.507 e. The van der Waals surface area contributed by atoms with Crippen molar-refractivity contribution in [1.29, 1.82) is 0 Å². The van der Waals surface area contributed by atoms with Crippen molar-refractivity contribution in [3.05, 3.63) is 48.3 Å². The Morgan fingerprint density at radius 2 is 1.94 bits per heavy atom. The molecule has 1 unspecified atom stereocenters. The molecule has 2 saturated heterocycles. The van der Waals surface area contributed by atoms with Crippen LogP contribution in [0.5, 0.6) is 5.75 Å². The van der Waals surface area contributed by atoms with E-state index >= 15 is 0 Å². The molecule has 2 N–H and O–H groups in total. The maximum Gasteiger partial charge on any atom is 0.249 e. The highest BCUT2D eigenvalue weighted by Crippen LogP contribution is 2.33. The van der Waals surface area contributed by atoms with Gasteiger partial charge in [0.2, 0.25) is 5.91 Å². The molecule has 0 spiro atoms. The molecule has 166 valence electrons. The van der Waals surface area contributed by atoms with E-state index in [1.54, 1.807) is 24.3 Å². The Hall–Kier alpha value is -3.26. The van der Waals surface area contributed by atoms with Gasteiger partial charge in [-0.3, -0.25) is 4.79 Å². The number of carbonyl (C=O) groups is 1. The van der Waals surface area contributed by atoms with Crippen molar-refractivity contribution in [2.24, 2.45) is 0 Å². The molecule has 3 aromatic rings. The van der Waals surface area contributed by atoms with Crippen molar-refractivity contribution in [1.82, 2.24) is 15.3 Å². The number of ether oxygens (including phenoxy) is 1. The van der Waals surface area contributed by atoms with E-state index in [2.05, 4.69) is 15.2 Å². The number of piperidine rings is 1. The van der Waals surface area contributed by atoms with Crippen LogP contribution < -0.4 is 10.2 Å². The lowest BCUT2D eigenvalue weighted by molar-refractivity contribution is -0.130. The predicted octanol–water partition coefficient (Wildman–Crippen LogP) is 3.41. The summed E-state index contributed by atoms with van der Waals surface area (Å²) in [4.78, 5) is 23.8. The molecular formula is C24H25FN4O3. The van der Waals surface area contributed by atoms with Gasteiger partial charge in [0.25, 0.3) is 0 Å². The Morgan fingerprint density at radius 1 is 1.12 bits per heavy atom. The van der Waals surface area contributed by atoms with Crippen LogP contribution in [0.4, 0.5) is 10.2 Å². The first-order valence-corrected chi connectivity index (χ1v) is 11.0. The number of fused-ring (bicyclic) bond motifs is 1. The van der Waals surface area contributed by atoms with Gasteiger partial charge in [0.05, 0.1) is 11.1 Å². The van der Waals surface area contributed by atoms with Crippen molar-refractivity contribution in [2.75, 3.05) is 24.6 Å². The molecule has 2 aromatic carbocycles. The Kier molecular flexibility index (Phi) is 5.61. The second-order valence-electron chi connectivity index (χ2n) is 8.32. The second kappa shape index (κ2) is 8.70. The van der Waals surface area contributed by atoms with Crippen LogP contribution in [0.3, 0.4) is 0 Å². The van der Waals surface area contributed by atoms with Gasteiger partial charge in [0, 0.05) is 31.1 Å². The van der Waals surface area contributed by atoms with E-state index in [-0.39, 0.29) is 29.6 Å². The van der Waals surface area contributed by atoms with E-state index < -0.39 is 0 Å². The number of aromatic nitrogens is 2. The monoisotopic (exact) mass is 436 g/mol. The highest BCUT2D eigenvalue weighted by Gasteiger charge is 2.28. The first kappa shape index (κ1) is 20.6. The molecule has 2 aliphatic heterocycles. The Labute approximate surface area is 185 Å². The van der Waals surface area contributed by atoms with Gasteiger partial charge in [-0.25, -0.2) is 14.4 Å². The maximum atomic E-state index is 14.1. The number of hydrogen-bond acceptors (Lipinski definition) is 6. The predicted molar refractivity (Wildman–Crippen MR) is 119 cm³/mol. The maximum absolute atomic E-state index is 14.1. The number of anilines is 1. The molecule has 5 rings (SSSR count). The summed E-state index contributed by atoms with van der Waals surface area (Å²) in [6.07, 6.45) is 2.88. The molecule has 2 aliphatic rings. The number of phenolic OH excluding ortho intramolecular Hbond substituents is 1. The number of carbonyl (C=O) groups excluding carboxylic acids is 1. The van der Waals surface area contributed by atoms with Gasteiger partial charge in [-0.15, -0.1) is 0 Å². The summed E-state index contributed by atoms with van der Waals surface area (Å²) in [6.45, 7) is 1.98. The zero-order valence-corrected chi connectivity index (χ0v) is 17.6. The number of halogens is 1. The molecule has 0 saturated carbocycles. The molecule has 1 atom stereocenters. The van der Waals surface area contributed by atoms with Crippen molar-refractivity contribution >= 4 is 22.6 Å². The summed E-state index contributed by atoms with van der Waals surface area (Å²) in [5, 5.41) is 14.0. The normalized spacial score (nSPS) is 19.4. The van der Waals surface area contributed by atoms with Crippen LogP contribution in [0, 0.1) is 5.82 Å². The topological polar surface area (TPSA) is 87.6 Å². The first-order valence-electron chi connectivity index (χ1n) is 11.0. The number of phenols is 1. The number of amides is 1. The number of para-hydroxylation sites is 1. The molecule has 0 radical (unpaired) electrons. The lowest BCUT2D eigenvalue weighted by Gasteiger charge is -2.34. The van der Waals surface area contributed by atoms with E-state index in [4.69, 9.17) is 9.72 Å². The van der Waals surface area contributed by atoms with Crippen LogP contribution in [0.15, 0.2) is 42.5 Å². The van der Waals surface area contributed by atoms with Crippen LogP contribution in [0.1, 0.15) is 25.7 Å². The highest BCUT2D eigenvalue weighted by atomic mass is 19.1. The van der Waals surface area contributed by atoms with Gasteiger partial charge >= 0.3 is 0 Å². The molecular weight excluding hydrogens is 411 g/mol. The van der Waals surface area contributed by atoms with Crippen molar-refractivity contribution in [2.45, 2.75) is 37.8 Å². The Morgan fingerprint density at radius 3 is 2.69 bits per heavy atom. The second-order valence-corrected chi connectivity index (χ2v) is 8.32. The van der Waals surface area contributed by atoms with Gasteiger partial charge in [-0.1, -0.05) is 12.1 Å². The number of aromatic hydroxyl groups is 1. The number of rotatable bonds is 4. The summed E-state index contributed by atoms with van der Waals surface area (Å²) >= 11 is 0. The van der Waals surface area contributed by atoms with E-state index in [1.807, 2.05) is 6.07 Å². The van der Waals surface area contributed by atoms with Gasteiger partial charge in [-0.05, 0) is 56.0 Å². The average Bonchev–Trinajstić information content (AvgIpc) is 3.35. The fraction of sp³-hybridized carbons (Fsp3) is 0.375. The van der Waals surface area contributed by atoms with Crippen molar-refractivity contribution in [3.63, 3.8) is 0 Å². The van der Waals surface area contributed by atoms with Crippen LogP contribution in [0.2, 0.25) is 0 Å². The fourth-order valence-electron chi connectivity index (χ4n) is 4.42. The molecule has 32 heavy (non-hydrogen) atoms. The molecule has 1 aromatic heterocycles. The summed E-state index contributed by atoms with van der Waals surface area (Å²) in [5.74, 6) is 0.742. The molecule has 3 heterocycles. The zero-order valence-electron chi connectivity index (χ0n) is 17.6. The third kappa shape index (κ3) is 4.10. The van der Waals surface area contributed by atoms with Crippen LogP contribution in [-0.2, 0) is 9.53 Å². The average molecular weight is 436 g/mol. The van der Waals surface area contributed by atoms with Crippen molar-refractivity contribution in [3.8, 4) is 17.1 Å². The summed E-state index contributed by atoms with van der Waals surface area (Å²) < 4.78 is 19.5. The Bertz CT molecular complexity index is 1140. The molecule has 8 heteroatoms. The van der Waals surface area contributed by atoms with Crippen LogP contribution in [-0.4, -0.2) is 52.8 Å². The quantitative estimate of drug-likeness (QED) is 0.652. The molecule has 0 aliphatic carbocycles. The zero-order chi connectivity index (χ0) is 22.1. The standard InChI is InChI=1S/C24H25FN4O3/c25-15-7-8-19-18(14-15)23(28-22(27-19)17-4-1-2-5-20(17)30)29-11-9-16(10-12-29)26-24(31)21-6-3-13-32-21/h1-2,4-5,7-8,14,16,21,30H,3,6,9-13H2,(H,26,31). The fourth-order valence-corrected chi connectivity index (χ4v) is 4.42. The molecule has 2 fully saturated rings. The minimum Gasteiger partial charge on any atom is -0.507 e. The molecule has 0 bridgehead atoms. The minimum absolute atomic E-state index is 0.0302. The first-order chi connectivity index (χ1) is 15.6. The van der Waals surface area contributed by atoms with Gasteiger partial charge in [-0.2, -0.15) is 0 Å². The Balaban J connectivity index is 1.40. The van der Waals surface area contributed by atoms with Gasteiger partial charge < -0.3 is 20.1 Å². The SMILES string of the molecule is O=C(NC1CCN(c2nc(-c3ccccc3O)nc3ccc(F)cc23)CC1)C1CCCO1. The summed E-state index contributed by atoms with van der Waals surface area (Å²) in [5.41, 5.74) is 1.14. The smallest absolute Gasteiger partial charge is 0.249 e. The summed E-state index contributed by atoms with van der Waals surface area (Å²) in [7, 11) is 0. The number of nitrogens with one attached hydrogen (secondary N) is 1. The van der Waals surface area contributed by atoms with Crippen molar-refractivity contribution < 1.29 is 19.0 Å². The lowest BCUT2D eigenvalue weighted by atomic mass is 10.0. The van der Waals surface area contributed by atoms with Crippen LogP contribution in [0.25, 0.3) is 22.3 Å². The minimum atomic E-state index is -0.351. The van der Waals surface area contributed by atoms with Crippen LogP contribution >= 0.6 is 0 Å². The lowest BCUT2D eigenvalue weighted by Crippen LogP contribution is -2.47. The third-order valence-electron chi connectivity index (χ3n) is 6.15. The van der Waals surface area contributed by atoms with Gasteiger partial charge in [0.15, 0.2) is 5.82 Å². The summed E-state index contributed by atoms with van der Waals surface area (Å²) in [6, 6.07) is 11.4.